The van der Waals surface area contributed by atoms with Crippen molar-refractivity contribution in [3.05, 3.63) is 29.8 Å². The molecule has 0 aromatic heterocycles. The van der Waals surface area contributed by atoms with Crippen LogP contribution in [0.15, 0.2) is 24.3 Å². The van der Waals surface area contributed by atoms with Gasteiger partial charge in [0.25, 0.3) is 0 Å². The number of phenols is 1. The summed E-state index contributed by atoms with van der Waals surface area (Å²) in [7, 11) is 0. The molecule has 28 heavy (non-hydrogen) atoms. The number of hydrogen-bond acceptors (Lipinski definition) is 7. The molecule has 3 unspecified atom stereocenters. The molecule has 2 amide bonds. The molecule has 10 nitrogen and oxygen atoms in total. The molecule has 1 aromatic carbocycles. The SMILES string of the molecule is NC(CCC(=O)O)C(=O)NC(CS)C(=O)NC(Cc1ccc(O)cc1)C(=O)O. The Bertz CT molecular complexity index is 711. The van der Waals surface area contributed by atoms with Crippen LogP contribution in [0.1, 0.15) is 18.4 Å². The number of aromatic hydroxyl groups is 1. The average Bonchev–Trinajstić information content (AvgIpc) is 2.64. The second-order valence-corrected chi connectivity index (χ2v) is 6.42. The van der Waals surface area contributed by atoms with Gasteiger partial charge in [-0.25, -0.2) is 4.79 Å². The smallest absolute Gasteiger partial charge is 0.326 e. The molecule has 3 atom stereocenters. The molecule has 0 bridgehead atoms. The van der Waals surface area contributed by atoms with Crippen LogP contribution in [0.5, 0.6) is 5.75 Å². The third kappa shape index (κ3) is 7.84. The maximum absolute atomic E-state index is 12.3. The number of hydrogen-bond donors (Lipinski definition) is 7. The van der Waals surface area contributed by atoms with Crippen molar-refractivity contribution in [2.75, 3.05) is 5.75 Å². The first-order chi connectivity index (χ1) is 13.1. The number of rotatable bonds is 11. The summed E-state index contributed by atoms with van der Waals surface area (Å²) >= 11 is 3.98. The van der Waals surface area contributed by atoms with E-state index < -0.39 is 41.9 Å². The van der Waals surface area contributed by atoms with Crippen LogP contribution in [0.25, 0.3) is 0 Å². The zero-order valence-electron chi connectivity index (χ0n) is 14.9. The van der Waals surface area contributed by atoms with E-state index in [1.807, 2.05) is 0 Å². The number of nitrogens with one attached hydrogen (secondary N) is 2. The zero-order chi connectivity index (χ0) is 21.3. The van der Waals surface area contributed by atoms with Crippen molar-refractivity contribution in [3.8, 4) is 5.75 Å². The molecule has 0 spiro atoms. The van der Waals surface area contributed by atoms with E-state index in [-0.39, 0.29) is 30.8 Å². The molecule has 0 radical (unpaired) electrons. The molecule has 11 heteroatoms. The lowest BCUT2D eigenvalue weighted by Gasteiger charge is -2.21. The van der Waals surface area contributed by atoms with Gasteiger partial charge >= 0.3 is 11.9 Å². The Hall–Kier alpha value is -2.79. The highest BCUT2D eigenvalue weighted by Gasteiger charge is 2.27. The number of carboxylic acids is 2. The number of phenolic OH excluding ortho intramolecular Hbond substituents is 1. The van der Waals surface area contributed by atoms with Gasteiger partial charge in [-0.15, -0.1) is 0 Å². The molecule has 0 saturated carbocycles. The molecule has 1 aromatic rings. The highest BCUT2D eigenvalue weighted by molar-refractivity contribution is 7.80. The molecule has 7 N–H and O–H groups in total. The Labute approximate surface area is 166 Å². The van der Waals surface area contributed by atoms with Crippen LogP contribution in [0.4, 0.5) is 0 Å². The van der Waals surface area contributed by atoms with Crippen LogP contribution >= 0.6 is 12.6 Å². The molecule has 1 rings (SSSR count). The lowest BCUT2D eigenvalue weighted by Crippen LogP contribution is -2.55. The summed E-state index contributed by atoms with van der Waals surface area (Å²) in [5.41, 5.74) is 6.16. The van der Waals surface area contributed by atoms with Crippen LogP contribution in [-0.2, 0) is 25.6 Å². The highest BCUT2D eigenvalue weighted by atomic mass is 32.1. The maximum atomic E-state index is 12.3. The van der Waals surface area contributed by atoms with Crippen LogP contribution in [0, 0.1) is 0 Å². The Morgan fingerprint density at radius 3 is 2.07 bits per heavy atom. The Morgan fingerprint density at radius 1 is 1.00 bits per heavy atom. The van der Waals surface area contributed by atoms with Crippen molar-refractivity contribution in [1.82, 2.24) is 10.6 Å². The molecule has 0 heterocycles. The summed E-state index contributed by atoms with van der Waals surface area (Å²) in [6.07, 6.45) is -0.451. The van der Waals surface area contributed by atoms with Gasteiger partial charge in [-0.1, -0.05) is 12.1 Å². The first kappa shape index (κ1) is 23.2. The van der Waals surface area contributed by atoms with E-state index in [4.69, 9.17) is 10.8 Å². The molecular weight excluding hydrogens is 390 g/mol. The predicted octanol–water partition coefficient (Wildman–Crippen LogP) is -0.889. The van der Waals surface area contributed by atoms with Crippen molar-refractivity contribution in [3.63, 3.8) is 0 Å². The monoisotopic (exact) mass is 413 g/mol. The zero-order valence-corrected chi connectivity index (χ0v) is 15.8. The molecule has 0 saturated heterocycles. The van der Waals surface area contributed by atoms with Gasteiger partial charge in [-0.3, -0.25) is 14.4 Å². The lowest BCUT2D eigenvalue weighted by molar-refractivity contribution is -0.142. The number of carboxylic acid groups (broad SMARTS) is 2. The van der Waals surface area contributed by atoms with Gasteiger partial charge in [0.15, 0.2) is 0 Å². The van der Waals surface area contributed by atoms with Crippen molar-refractivity contribution in [1.29, 1.82) is 0 Å². The Morgan fingerprint density at radius 2 is 1.57 bits per heavy atom. The summed E-state index contributed by atoms with van der Waals surface area (Å²) in [4.78, 5) is 46.3. The lowest BCUT2D eigenvalue weighted by atomic mass is 10.1. The number of benzene rings is 1. The standard InChI is InChI=1S/C17H23N3O7S/c18-11(5-6-14(22)23)15(24)20-13(8-28)16(25)19-12(17(26)27)7-9-1-3-10(21)4-2-9/h1-4,11-13,21,28H,5-8,18H2,(H,19,25)(H,20,24)(H,22,23)(H,26,27). The number of thiol groups is 1. The van der Waals surface area contributed by atoms with E-state index >= 15 is 0 Å². The summed E-state index contributed by atoms with van der Waals surface area (Å²) in [6, 6.07) is 2.30. The molecular formula is C17H23N3O7S. The van der Waals surface area contributed by atoms with Crippen molar-refractivity contribution in [2.45, 2.75) is 37.4 Å². The van der Waals surface area contributed by atoms with Gasteiger partial charge in [0, 0.05) is 18.6 Å². The second-order valence-electron chi connectivity index (χ2n) is 6.05. The van der Waals surface area contributed by atoms with Gasteiger partial charge < -0.3 is 31.7 Å². The summed E-state index contributed by atoms with van der Waals surface area (Å²) in [5, 5.41) is 31.9. The average molecular weight is 413 g/mol. The predicted molar refractivity (Wildman–Crippen MR) is 102 cm³/mol. The van der Waals surface area contributed by atoms with E-state index in [0.717, 1.165) is 0 Å². The fraction of sp³-hybridized carbons (Fsp3) is 0.412. The number of carbonyl (C=O) groups is 4. The van der Waals surface area contributed by atoms with Crippen molar-refractivity contribution >= 4 is 36.4 Å². The minimum atomic E-state index is -1.27. The minimum absolute atomic E-state index is 0.0248. The molecule has 0 aliphatic heterocycles. The quantitative estimate of drug-likeness (QED) is 0.228. The Kier molecular flexibility index (Phi) is 9.25. The van der Waals surface area contributed by atoms with Crippen LogP contribution in [-0.4, -0.2) is 63.0 Å². The van der Waals surface area contributed by atoms with Gasteiger partial charge in [-0.05, 0) is 24.1 Å². The van der Waals surface area contributed by atoms with Crippen LogP contribution < -0.4 is 16.4 Å². The largest absolute Gasteiger partial charge is 0.508 e. The topological polar surface area (TPSA) is 179 Å². The van der Waals surface area contributed by atoms with Crippen molar-refractivity contribution < 1.29 is 34.5 Å². The van der Waals surface area contributed by atoms with Crippen molar-refractivity contribution in [2.24, 2.45) is 5.73 Å². The fourth-order valence-electron chi connectivity index (χ4n) is 2.22. The first-order valence-electron chi connectivity index (χ1n) is 8.33. The maximum Gasteiger partial charge on any atom is 0.326 e. The highest BCUT2D eigenvalue weighted by Crippen LogP contribution is 2.11. The number of aliphatic carboxylic acids is 2. The second kappa shape index (κ2) is 11.1. The third-order valence-corrected chi connectivity index (χ3v) is 4.18. The minimum Gasteiger partial charge on any atom is -0.508 e. The van der Waals surface area contributed by atoms with E-state index in [1.165, 1.54) is 24.3 Å². The number of carbonyl (C=O) groups excluding carboxylic acids is 2. The van der Waals surface area contributed by atoms with Crippen LogP contribution in [0.2, 0.25) is 0 Å². The summed E-state index contributed by atoms with van der Waals surface area (Å²) in [6.45, 7) is 0. The summed E-state index contributed by atoms with van der Waals surface area (Å²) in [5.74, 6) is -3.97. The van der Waals surface area contributed by atoms with E-state index in [1.54, 1.807) is 0 Å². The molecule has 0 fully saturated rings. The molecule has 0 aliphatic rings. The molecule has 0 aliphatic carbocycles. The first-order valence-corrected chi connectivity index (χ1v) is 8.97. The number of amides is 2. The van der Waals surface area contributed by atoms with E-state index in [2.05, 4.69) is 23.3 Å². The van der Waals surface area contributed by atoms with Gasteiger partial charge in [0.1, 0.15) is 17.8 Å². The Balaban J connectivity index is 2.70. The fourth-order valence-corrected chi connectivity index (χ4v) is 2.48. The van der Waals surface area contributed by atoms with E-state index in [9.17, 15) is 29.4 Å². The third-order valence-electron chi connectivity index (χ3n) is 3.81. The van der Waals surface area contributed by atoms with Gasteiger partial charge in [-0.2, -0.15) is 12.6 Å². The van der Waals surface area contributed by atoms with E-state index in [0.29, 0.717) is 5.56 Å². The number of nitrogens with two attached hydrogens (primary N) is 1. The van der Waals surface area contributed by atoms with Gasteiger partial charge in [0.2, 0.25) is 11.8 Å². The van der Waals surface area contributed by atoms with Gasteiger partial charge in [0.05, 0.1) is 6.04 Å². The molecule has 154 valence electrons. The normalized spacial score (nSPS) is 13.8. The van der Waals surface area contributed by atoms with Crippen LogP contribution in [0.3, 0.4) is 0 Å². The summed E-state index contributed by atoms with van der Waals surface area (Å²) < 4.78 is 0.